The normalized spacial score (nSPS) is 17.6. The number of rotatable bonds is 4. The van der Waals surface area contributed by atoms with E-state index >= 15 is 0 Å². The Bertz CT molecular complexity index is 816. The van der Waals surface area contributed by atoms with Crippen molar-refractivity contribution in [2.24, 2.45) is 0 Å². The number of carboxylic acids is 1. The van der Waals surface area contributed by atoms with E-state index in [1.165, 1.54) is 4.90 Å². The summed E-state index contributed by atoms with van der Waals surface area (Å²) in [6.45, 7) is 0.460. The predicted molar refractivity (Wildman–Crippen MR) is 78.2 cm³/mol. The van der Waals surface area contributed by atoms with E-state index in [1.807, 2.05) is 0 Å². The summed E-state index contributed by atoms with van der Waals surface area (Å²) >= 11 is 0. The molecule has 120 valence electrons. The first kappa shape index (κ1) is 15.1. The van der Waals surface area contributed by atoms with Crippen molar-refractivity contribution in [2.75, 3.05) is 6.54 Å². The van der Waals surface area contributed by atoms with Gasteiger partial charge < -0.3 is 14.8 Å². The lowest BCUT2D eigenvalue weighted by Gasteiger charge is -2.25. The smallest absolute Gasteiger partial charge is 0.277 e. The zero-order valence-corrected chi connectivity index (χ0v) is 12.3. The first-order chi connectivity index (χ1) is 11.1. The summed E-state index contributed by atoms with van der Waals surface area (Å²) in [6, 6.07) is 5.96. The molecule has 0 N–H and O–H groups in total. The Hall–Kier alpha value is -2.77. The van der Waals surface area contributed by atoms with Crippen LogP contribution in [0.15, 0.2) is 29.1 Å². The molecule has 1 aromatic heterocycles. The lowest BCUT2D eigenvalue weighted by molar-refractivity contribution is -0.310. The van der Waals surface area contributed by atoms with Crippen LogP contribution in [0.1, 0.15) is 19.3 Å². The Balaban J connectivity index is 1.73. The lowest BCUT2D eigenvalue weighted by atomic mass is 10.2. The standard InChI is InChI=1S/C15H16N4O4/c20-13(18-8-3-6-12(18)15(22)23)7-9-19-14(21)10-4-1-2-5-11(10)16-17-19/h1-2,4-5,12H,3,6-9H2,(H,22,23)/p-1/t12-/m0/s1. The van der Waals surface area contributed by atoms with Gasteiger partial charge in [0.05, 0.1) is 23.9 Å². The van der Waals surface area contributed by atoms with Crippen LogP contribution in [0.2, 0.25) is 0 Å². The Morgan fingerprint density at radius 3 is 2.87 bits per heavy atom. The number of carbonyl (C=O) groups is 2. The Morgan fingerprint density at radius 1 is 1.30 bits per heavy atom. The van der Waals surface area contributed by atoms with Crippen LogP contribution in [-0.4, -0.2) is 44.4 Å². The van der Waals surface area contributed by atoms with Crippen molar-refractivity contribution in [1.29, 1.82) is 0 Å². The van der Waals surface area contributed by atoms with Crippen LogP contribution in [0.3, 0.4) is 0 Å². The number of nitrogens with zero attached hydrogens (tertiary/aromatic N) is 4. The third-order valence-electron chi connectivity index (χ3n) is 4.01. The minimum Gasteiger partial charge on any atom is -0.548 e. The molecule has 1 saturated heterocycles. The second-order valence-electron chi connectivity index (χ2n) is 5.45. The van der Waals surface area contributed by atoms with E-state index in [9.17, 15) is 19.5 Å². The third kappa shape index (κ3) is 2.92. The zero-order chi connectivity index (χ0) is 16.4. The van der Waals surface area contributed by atoms with Gasteiger partial charge in [-0.15, -0.1) is 5.10 Å². The van der Waals surface area contributed by atoms with Gasteiger partial charge in [0.1, 0.15) is 5.52 Å². The summed E-state index contributed by atoms with van der Waals surface area (Å²) in [6.07, 6.45) is 1.04. The van der Waals surface area contributed by atoms with Crippen molar-refractivity contribution >= 4 is 22.8 Å². The van der Waals surface area contributed by atoms with Crippen molar-refractivity contribution in [3.63, 3.8) is 0 Å². The topological polar surface area (TPSA) is 108 Å². The van der Waals surface area contributed by atoms with Crippen molar-refractivity contribution in [3.8, 4) is 0 Å². The molecule has 8 nitrogen and oxygen atoms in total. The van der Waals surface area contributed by atoms with Crippen molar-refractivity contribution in [3.05, 3.63) is 34.6 Å². The minimum absolute atomic E-state index is 0.00327. The number of aliphatic carboxylic acids is 1. The van der Waals surface area contributed by atoms with Gasteiger partial charge in [0.25, 0.3) is 5.56 Å². The maximum atomic E-state index is 12.3. The van der Waals surface area contributed by atoms with Gasteiger partial charge in [-0.2, -0.15) is 0 Å². The van der Waals surface area contributed by atoms with Crippen LogP contribution in [0.5, 0.6) is 0 Å². The van der Waals surface area contributed by atoms with Gasteiger partial charge in [0.2, 0.25) is 5.91 Å². The fourth-order valence-corrected chi connectivity index (χ4v) is 2.83. The number of likely N-dealkylation sites (tertiary alicyclic amines) is 1. The lowest BCUT2D eigenvalue weighted by Crippen LogP contribution is -2.47. The van der Waals surface area contributed by atoms with E-state index in [-0.39, 0.29) is 24.4 Å². The highest BCUT2D eigenvalue weighted by molar-refractivity contribution is 5.83. The number of benzene rings is 1. The molecule has 0 bridgehead atoms. The average Bonchev–Trinajstić information content (AvgIpc) is 3.04. The molecule has 23 heavy (non-hydrogen) atoms. The van der Waals surface area contributed by atoms with Crippen LogP contribution < -0.4 is 10.7 Å². The number of hydrogen-bond donors (Lipinski definition) is 0. The molecule has 0 unspecified atom stereocenters. The van der Waals surface area contributed by atoms with E-state index in [2.05, 4.69) is 10.3 Å². The molecule has 1 aromatic carbocycles. The largest absolute Gasteiger partial charge is 0.548 e. The first-order valence-corrected chi connectivity index (χ1v) is 7.41. The molecule has 0 radical (unpaired) electrons. The summed E-state index contributed by atoms with van der Waals surface area (Å²) in [4.78, 5) is 36.8. The molecule has 1 aliphatic rings. The molecule has 1 amide bonds. The highest BCUT2D eigenvalue weighted by Crippen LogP contribution is 2.17. The van der Waals surface area contributed by atoms with E-state index in [1.54, 1.807) is 24.3 Å². The molecule has 1 aliphatic heterocycles. The zero-order valence-electron chi connectivity index (χ0n) is 12.3. The maximum absolute atomic E-state index is 12.3. The summed E-state index contributed by atoms with van der Waals surface area (Å²) < 4.78 is 1.13. The molecule has 0 aliphatic carbocycles. The molecule has 0 saturated carbocycles. The molecule has 1 atom stereocenters. The van der Waals surface area contributed by atoms with Crippen LogP contribution >= 0.6 is 0 Å². The number of amides is 1. The van der Waals surface area contributed by atoms with E-state index in [0.717, 1.165) is 4.68 Å². The monoisotopic (exact) mass is 315 g/mol. The van der Waals surface area contributed by atoms with Crippen molar-refractivity contribution in [1.82, 2.24) is 19.9 Å². The Morgan fingerprint density at radius 2 is 2.09 bits per heavy atom. The van der Waals surface area contributed by atoms with Gasteiger partial charge in [0.15, 0.2) is 0 Å². The third-order valence-corrected chi connectivity index (χ3v) is 4.01. The molecule has 0 spiro atoms. The maximum Gasteiger partial charge on any atom is 0.277 e. The van der Waals surface area contributed by atoms with Gasteiger partial charge in [0, 0.05) is 13.0 Å². The minimum atomic E-state index is -1.24. The average molecular weight is 315 g/mol. The SMILES string of the molecule is O=C([O-])[C@@H]1CCCN1C(=O)CCn1nnc2ccccc2c1=O. The summed E-state index contributed by atoms with van der Waals surface area (Å²) in [7, 11) is 0. The van der Waals surface area contributed by atoms with Crippen LogP contribution in [-0.2, 0) is 16.1 Å². The second-order valence-corrected chi connectivity index (χ2v) is 5.45. The molecular weight excluding hydrogens is 300 g/mol. The van der Waals surface area contributed by atoms with E-state index in [4.69, 9.17) is 0 Å². The fourth-order valence-electron chi connectivity index (χ4n) is 2.83. The molecule has 3 rings (SSSR count). The molecule has 1 fully saturated rings. The quantitative estimate of drug-likeness (QED) is 0.710. The first-order valence-electron chi connectivity index (χ1n) is 7.41. The predicted octanol–water partition coefficient (Wildman–Crippen LogP) is -1.08. The second kappa shape index (κ2) is 6.15. The van der Waals surface area contributed by atoms with Gasteiger partial charge in [-0.3, -0.25) is 9.59 Å². The molecule has 8 heteroatoms. The summed E-state index contributed by atoms with van der Waals surface area (Å²) in [5.41, 5.74) is 0.179. The Labute approximate surface area is 131 Å². The number of carbonyl (C=O) groups excluding carboxylic acids is 2. The molecule has 2 aromatic rings. The number of aryl methyl sites for hydroxylation is 1. The van der Waals surface area contributed by atoms with E-state index < -0.39 is 12.0 Å². The van der Waals surface area contributed by atoms with E-state index in [0.29, 0.717) is 30.3 Å². The van der Waals surface area contributed by atoms with Gasteiger partial charge >= 0.3 is 0 Å². The Kier molecular flexibility index (Phi) is 4.05. The van der Waals surface area contributed by atoms with Crippen LogP contribution in [0.4, 0.5) is 0 Å². The fraction of sp³-hybridized carbons (Fsp3) is 0.400. The highest BCUT2D eigenvalue weighted by atomic mass is 16.4. The molecule has 2 heterocycles. The van der Waals surface area contributed by atoms with Crippen LogP contribution in [0, 0.1) is 0 Å². The van der Waals surface area contributed by atoms with Crippen LogP contribution in [0.25, 0.3) is 10.9 Å². The summed E-state index contributed by atoms with van der Waals surface area (Å²) in [5, 5.41) is 19.2. The highest BCUT2D eigenvalue weighted by Gasteiger charge is 2.29. The molecular formula is C15H15N4O4-. The number of aromatic nitrogens is 3. The van der Waals surface area contributed by atoms with Crippen molar-refractivity contribution < 1.29 is 14.7 Å². The van der Waals surface area contributed by atoms with Gasteiger partial charge in [-0.25, -0.2) is 4.68 Å². The number of hydrogen-bond acceptors (Lipinski definition) is 6. The van der Waals surface area contributed by atoms with Gasteiger partial charge in [-0.05, 0) is 25.0 Å². The van der Waals surface area contributed by atoms with Crippen molar-refractivity contribution in [2.45, 2.75) is 31.8 Å². The summed E-state index contributed by atoms with van der Waals surface area (Å²) in [5.74, 6) is -1.56. The number of fused-ring (bicyclic) bond motifs is 1. The van der Waals surface area contributed by atoms with Gasteiger partial charge in [-0.1, -0.05) is 17.3 Å². The number of carboxylic acid groups (broad SMARTS) is 1.